The van der Waals surface area contributed by atoms with Gasteiger partial charge in [-0.1, -0.05) is 6.92 Å². The number of H-pyrrole nitrogens is 1. The van der Waals surface area contributed by atoms with Gasteiger partial charge in [-0.3, -0.25) is 5.10 Å². The van der Waals surface area contributed by atoms with E-state index in [2.05, 4.69) is 27.9 Å². The van der Waals surface area contributed by atoms with Crippen molar-refractivity contribution in [3.8, 4) is 0 Å². The van der Waals surface area contributed by atoms with E-state index in [0.29, 0.717) is 0 Å². The second-order valence-corrected chi connectivity index (χ2v) is 4.17. The van der Waals surface area contributed by atoms with Crippen molar-refractivity contribution in [3.05, 3.63) is 10.6 Å². The number of thioether (sulfide) groups is 1. The van der Waals surface area contributed by atoms with Gasteiger partial charge in [0.1, 0.15) is 5.82 Å². The Morgan fingerprint density at radius 1 is 1.62 bits per heavy atom. The van der Waals surface area contributed by atoms with Gasteiger partial charge in [0.15, 0.2) is 4.77 Å². The van der Waals surface area contributed by atoms with E-state index in [1.807, 2.05) is 11.8 Å². The number of nitrogens with one attached hydrogen (secondary N) is 1. The lowest BCUT2D eigenvalue weighted by Gasteiger charge is -2.03. The number of aromatic amines is 1. The minimum Gasteiger partial charge on any atom is -0.304 e. The van der Waals surface area contributed by atoms with Gasteiger partial charge in [-0.05, 0) is 30.6 Å². The minimum atomic E-state index is 0.748. The van der Waals surface area contributed by atoms with Crippen LogP contribution in [0.15, 0.2) is 0 Å². The summed E-state index contributed by atoms with van der Waals surface area (Å²) in [6.07, 6.45) is 4.21. The Hall–Kier alpha value is -0.290. The highest BCUT2D eigenvalue weighted by atomic mass is 32.2. The SMILES string of the molecule is CCc1n[nH]c(=S)n1CCCSC. The molecule has 1 N–H and O–H groups in total. The van der Waals surface area contributed by atoms with Gasteiger partial charge in [0.2, 0.25) is 0 Å². The third kappa shape index (κ3) is 2.84. The van der Waals surface area contributed by atoms with E-state index in [4.69, 9.17) is 12.2 Å². The van der Waals surface area contributed by atoms with E-state index in [0.717, 1.165) is 30.0 Å². The van der Waals surface area contributed by atoms with Crippen LogP contribution >= 0.6 is 24.0 Å². The molecule has 1 aromatic heterocycles. The second-order valence-electron chi connectivity index (χ2n) is 2.80. The molecule has 0 aliphatic carbocycles. The van der Waals surface area contributed by atoms with Crippen molar-refractivity contribution in [1.29, 1.82) is 0 Å². The summed E-state index contributed by atoms with van der Waals surface area (Å²) >= 11 is 6.99. The summed E-state index contributed by atoms with van der Waals surface area (Å²) in [6.45, 7) is 3.08. The Bertz CT molecular complexity index is 303. The van der Waals surface area contributed by atoms with Crippen LogP contribution in [-0.2, 0) is 13.0 Å². The maximum atomic E-state index is 5.13. The molecule has 0 saturated heterocycles. The molecule has 0 aliphatic heterocycles. The number of aromatic nitrogens is 3. The van der Waals surface area contributed by atoms with Crippen LogP contribution in [0.4, 0.5) is 0 Å². The Morgan fingerprint density at radius 3 is 3.00 bits per heavy atom. The zero-order valence-electron chi connectivity index (χ0n) is 8.04. The van der Waals surface area contributed by atoms with Crippen LogP contribution in [0.2, 0.25) is 0 Å². The minimum absolute atomic E-state index is 0.748. The van der Waals surface area contributed by atoms with E-state index < -0.39 is 0 Å². The van der Waals surface area contributed by atoms with Crippen molar-refractivity contribution in [3.63, 3.8) is 0 Å². The fourth-order valence-electron chi connectivity index (χ4n) is 1.22. The number of rotatable bonds is 5. The zero-order chi connectivity index (χ0) is 9.68. The molecule has 1 aromatic rings. The molecular weight excluding hydrogens is 202 g/mol. The molecule has 0 aliphatic rings. The maximum absolute atomic E-state index is 5.13. The molecule has 0 unspecified atom stereocenters. The van der Waals surface area contributed by atoms with Gasteiger partial charge in [0, 0.05) is 13.0 Å². The third-order valence-corrected chi connectivity index (χ3v) is 2.89. The van der Waals surface area contributed by atoms with Crippen LogP contribution < -0.4 is 0 Å². The van der Waals surface area contributed by atoms with E-state index in [1.54, 1.807) is 0 Å². The fraction of sp³-hybridized carbons (Fsp3) is 0.750. The van der Waals surface area contributed by atoms with Crippen molar-refractivity contribution in [2.45, 2.75) is 26.3 Å². The van der Waals surface area contributed by atoms with Crippen molar-refractivity contribution in [1.82, 2.24) is 14.8 Å². The molecule has 5 heteroatoms. The highest BCUT2D eigenvalue weighted by Crippen LogP contribution is 2.03. The number of aryl methyl sites for hydroxylation is 1. The highest BCUT2D eigenvalue weighted by molar-refractivity contribution is 7.98. The van der Waals surface area contributed by atoms with E-state index in [1.165, 1.54) is 5.75 Å². The van der Waals surface area contributed by atoms with Gasteiger partial charge in [0.05, 0.1) is 0 Å². The molecule has 0 radical (unpaired) electrons. The molecular formula is C8H15N3S2. The average molecular weight is 217 g/mol. The largest absolute Gasteiger partial charge is 0.304 e. The Morgan fingerprint density at radius 2 is 2.38 bits per heavy atom. The van der Waals surface area contributed by atoms with E-state index >= 15 is 0 Å². The molecule has 0 aromatic carbocycles. The summed E-state index contributed by atoms with van der Waals surface area (Å²) in [6, 6.07) is 0. The van der Waals surface area contributed by atoms with Crippen LogP contribution in [0.25, 0.3) is 0 Å². The van der Waals surface area contributed by atoms with Crippen molar-refractivity contribution < 1.29 is 0 Å². The van der Waals surface area contributed by atoms with Crippen molar-refractivity contribution >= 4 is 24.0 Å². The third-order valence-electron chi connectivity index (χ3n) is 1.88. The fourth-order valence-corrected chi connectivity index (χ4v) is 1.88. The van der Waals surface area contributed by atoms with Gasteiger partial charge in [0.25, 0.3) is 0 Å². The molecule has 3 nitrogen and oxygen atoms in total. The first kappa shape index (κ1) is 10.8. The molecule has 74 valence electrons. The Kier molecular flexibility index (Phi) is 4.52. The first-order chi connectivity index (χ1) is 6.29. The van der Waals surface area contributed by atoms with Crippen LogP contribution in [0, 0.1) is 4.77 Å². The van der Waals surface area contributed by atoms with Gasteiger partial charge >= 0.3 is 0 Å². The predicted octanol–water partition coefficient (Wildman–Crippen LogP) is 2.26. The van der Waals surface area contributed by atoms with Gasteiger partial charge in [-0.2, -0.15) is 16.9 Å². The second kappa shape index (κ2) is 5.44. The first-order valence-electron chi connectivity index (χ1n) is 4.42. The summed E-state index contributed by atoms with van der Waals surface area (Å²) in [5.41, 5.74) is 0. The summed E-state index contributed by atoms with van der Waals surface area (Å²) in [5.74, 6) is 2.24. The normalized spacial score (nSPS) is 10.6. The highest BCUT2D eigenvalue weighted by Gasteiger charge is 2.02. The zero-order valence-corrected chi connectivity index (χ0v) is 9.67. The number of nitrogens with zero attached hydrogens (tertiary/aromatic N) is 2. The number of hydrogen-bond donors (Lipinski definition) is 1. The predicted molar refractivity (Wildman–Crippen MR) is 59.8 cm³/mol. The smallest absolute Gasteiger partial charge is 0.195 e. The Balaban J connectivity index is 2.63. The van der Waals surface area contributed by atoms with Crippen LogP contribution in [0.3, 0.4) is 0 Å². The molecule has 0 amide bonds. The molecule has 13 heavy (non-hydrogen) atoms. The van der Waals surface area contributed by atoms with Crippen molar-refractivity contribution in [2.24, 2.45) is 0 Å². The lowest BCUT2D eigenvalue weighted by molar-refractivity contribution is 0.639. The van der Waals surface area contributed by atoms with Crippen LogP contribution in [-0.4, -0.2) is 26.8 Å². The van der Waals surface area contributed by atoms with Crippen molar-refractivity contribution in [2.75, 3.05) is 12.0 Å². The molecule has 0 fully saturated rings. The lowest BCUT2D eigenvalue weighted by Crippen LogP contribution is -2.04. The quantitative estimate of drug-likeness (QED) is 0.607. The molecule has 0 bridgehead atoms. The molecule has 1 heterocycles. The summed E-state index contributed by atoms with van der Waals surface area (Å²) in [7, 11) is 0. The summed E-state index contributed by atoms with van der Waals surface area (Å²) in [5, 5.41) is 6.98. The van der Waals surface area contributed by atoms with E-state index in [9.17, 15) is 0 Å². The molecule has 1 rings (SSSR count). The van der Waals surface area contributed by atoms with Gasteiger partial charge < -0.3 is 4.57 Å². The van der Waals surface area contributed by atoms with Crippen LogP contribution in [0.1, 0.15) is 19.2 Å². The first-order valence-corrected chi connectivity index (χ1v) is 6.22. The van der Waals surface area contributed by atoms with E-state index in [-0.39, 0.29) is 0 Å². The van der Waals surface area contributed by atoms with Gasteiger partial charge in [-0.15, -0.1) is 0 Å². The topological polar surface area (TPSA) is 33.6 Å². The lowest BCUT2D eigenvalue weighted by atomic mass is 10.4. The summed E-state index contributed by atoms with van der Waals surface area (Å²) in [4.78, 5) is 0. The summed E-state index contributed by atoms with van der Waals surface area (Å²) < 4.78 is 2.84. The standard InChI is InChI=1S/C8H15N3S2/c1-3-7-9-10-8(12)11(7)5-4-6-13-2/h3-6H2,1-2H3,(H,10,12). The number of hydrogen-bond acceptors (Lipinski definition) is 3. The van der Waals surface area contributed by atoms with Crippen LogP contribution in [0.5, 0.6) is 0 Å². The van der Waals surface area contributed by atoms with Gasteiger partial charge in [-0.25, -0.2) is 0 Å². The molecule has 0 atom stereocenters. The average Bonchev–Trinajstić information content (AvgIpc) is 2.48. The molecule has 0 saturated carbocycles. The monoisotopic (exact) mass is 217 g/mol. The Labute approximate surface area is 87.9 Å². The molecule has 0 spiro atoms. The maximum Gasteiger partial charge on any atom is 0.195 e.